The minimum absolute atomic E-state index is 0.131. The third-order valence-electron chi connectivity index (χ3n) is 5.04. The van der Waals surface area contributed by atoms with E-state index in [4.69, 9.17) is 0 Å². The highest BCUT2D eigenvalue weighted by atomic mass is 32.2. The molecule has 1 atom stereocenters. The molecule has 0 unspecified atom stereocenters. The lowest BCUT2D eigenvalue weighted by Crippen LogP contribution is -2.24. The molecular formula is C22H21N5OS2. The van der Waals surface area contributed by atoms with E-state index in [2.05, 4.69) is 26.6 Å². The maximum atomic E-state index is 12.9. The highest BCUT2D eigenvalue weighted by Crippen LogP contribution is 2.38. The predicted molar refractivity (Wildman–Crippen MR) is 120 cm³/mol. The number of fused-ring (bicyclic) bond motifs is 1. The fraction of sp³-hybridized carbons (Fsp3) is 0.318. The number of amides is 1. The summed E-state index contributed by atoms with van der Waals surface area (Å²) in [4.78, 5) is 18.5. The zero-order chi connectivity index (χ0) is 20.9. The number of nitrogens with zero attached hydrogens (tertiary/aromatic N) is 4. The molecule has 1 aromatic carbocycles. The van der Waals surface area contributed by atoms with Crippen molar-refractivity contribution in [2.75, 3.05) is 5.32 Å². The Morgan fingerprint density at radius 1 is 1.27 bits per heavy atom. The van der Waals surface area contributed by atoms with Gasteiger partial charge >= 0.3 is 0 Å². The molecule has 0 saturated heterocycles. The first-order chi connectivity index (χ1) is 14.7. The molecule has 0 fully saturated rings. The molecule has 6 nitrogen and oxygen atoms in total. The van der Waals surface area contributed by atoms with E-state index < -0.39 is 0 Å². The van der Waals surface area contributed by atoms with Gasteiger partial charge in [-0.1, -0.05) is 49.0 Å². The van der Waals surface area contributed by atoms with Gasteiger partial charge in [0.25, 0.3) is 0 Å². The number of aromatic nitrogens is 3. The van der Waals surface area contributed by atoms with Crippen LogP contribution in [0.5, 0.6) is 0 Å². The lowest BCUT2D eigenvalue weighted by atomic mass is 9.96. The Morgan fingerprint density at radius 2 is 2.07 bits per heavy atom. The average molecular weight is 436 g/mol. The van der Waals surface area contributed by atoms with Crippen molar-refractivity contribution < 1.29 is 4.79 Å². The number of aryl methyl sites for hydroxylation is 1. The summed E-state index contributed by atoms with van der Waals surface area (Å²) >= 11 is 2.83. The van der Waals surface area contributed by atoms with E-state index in [-0.39, 0.29) is 11.2 Å². The van der Waals surface area contributed by atoms with E-state index in [1.807, 2.05) is 37.3 Å². The van der Waals surface area contributed by atoms with E-state index in [9.17, 15) is 10.1 Å². The molecule has 2 heterocycles. The number of rotatable bonds is 6. The zero-order valence-corrected chi connectivity index (χ0v) is 18.2. The second-order valence-electron chi connectivity index (χ2n) is 7.02. The Kier molecular flexibility index (Phi) is 6.41. The number of carbonyl (C=O) groups excluding carboxylic acids is 1. The van der Waals surface area contributed by atoms with Crippen molar-refractivity contribution in [3.63, 3.8) is 0 Å². The first-order valence-electron chi connectivity index (χ1n) is 9.97. The number of hydrogen-bond donors (Lipinski definition) is 1. The number of hydrogen-bond acceptors (Lipinski definition) is 7. The Balaban J connectivity index is 1.46. The summed E-state index contributed by atoms with van der Waals surface area (Å²) in [5, 5.41) is 21.8. The van der Waals surface area contributed by atoms with Crippen LogP contribution in [0.2, 0.25) is 0 Å². The van der Waals surface area contributed by atoms with Crippen molar-refractivity contribution in [2.45, 2.75) is 49.4 Å². The highest BCUT2D eigenvalue weighted by molar-refractivity contribution is 8.00. The number of carbonyl (C=O) groups is 1. The molecule has 1 amide bonds. The largest absolute Gasteiger partial charge is 0.316 e. The van der Waals surface area contributed by atoms with Gasteiger partial charge in [0.1, 0.15) is 16.8 Å². The molecule has 1 N–H and O–H groups in total. The SMILES string of the molecule is CC[C@H](Sc1ncc(-c2ccccc2)nn1)C(=O)Nc1sc2c(c1C#N)CCCC2. The molecule has 1 aliphatic carbocycles. The molecule has 2 aromatic heterocycles. The maximum absolute atomic E-state index is 12.9. The molecule has 4 rings (SSSR count). The van der Waals surface area contributed by atoms with Crippen LogP contribution < -0.4 is 5.32 Å². The maximum Gasteiger partial charge on any atom is 0.238 e. The molecular weight excluding hydrogens is 414 g/mol. The Hall–Kier alpha value is -2.76. The molecule has 0 saturated carbocycles. The summed E-state index contributed by atoms with van der Waals surface area (Å²) in [6.45, 7) is 1.95. The Bertz CT molecular complexity index is 1070. The number of benzene rings is 1. The topological polar surface area (TPSA) is 91.6 Å². The number of thioether (sulfide) groups is 1. The first-order valence-corrected chi connectivity index (χ1v) is 11.7. The van der Waals surface area contributed by atoms with Crippen molar-refractivity contribution in [3.05, 3.63) is 52.5 Å². The summed E-state index contributed by atoms with van der Waals surface area (Å²) in [5.41, 5.74) is 3.40. The molecule has 152 valence electrons. The van der Waals surface area contributed by atoms with E-state index in [0.29, 0.717) is 27.8 Å². The smallest absolute Gasteiger partial charge is 0.238 e. The lowest BCUT2D eigenvalue weighted by molar-refractivity contribution is -0.115. The first kappa shape index (κ1) is 20.5. The van der Waals surface area contributed by atoms with Gasteiger partial charge in [-0.25, -0.2) is 4.98 Å². The van der Waals surface area contributed by atoms with E-state index in [0.717, 1.165) is 36.8 Å². The third kappa shape index (κ3) is 4.37. The second-order valence-corrected chi connectivity index (χ2v) is 9.30. The number of nitrogens with one attached hydrogen (secondary N) is 1. The number of thiophene rings is 1. The summed E-state index contributed by atoms with van der Waals surface area (Å²) in [5.74, 6) is -0.131. The minimum Gasteiger partial charge on any atom is -0.316 e. The Labute approximate surface area is 183 Å². The Morgan fingerprint density at radius 3 is 2.77 bits per heavy atom. The van der Waals surface area contributed by atoms with Gasteiger partial charge in [0, 0.05) is 10.4 Å². The normalized spacial score (nSPS) is 13.9. The van der Waals surface area contributed by atoms with Crippen LogP contribution in [0.3, 0.4) is 0 Å². The molecule has 0 spiro atoms. The fourth-order valence-corrected chi connectivity index (χ4v) is 5.51. The monoisotopic (exact) mass is 435 g/mol. The van der Waals surface area contributed by atoms with Crippen molar-refractivity contribution in [1.82, 2.24) is 15.2 Å². The molecule has 3 aromatic rings. The van der Waals surface area contributed by atoms with Crippen molar-refractivity contribution >= 4 is 34.0 Å². The van der Waals surface area contributed by atoms with Gasteiger partial charge in [-0.15, -0.1) is 21.5 Å². The van der Waals surface area contributed by atoms with Crippen LogP contribution in [-0.2, 0) is 17.6 Å². The van der Waals surface area contributed by atoms with Gasteiger partial charge in [0.15, 0.2) is 0 Å². The highest BCUT2D eigenvalue weighted by Gasteiger charge is 2.25. The minimum atomic E-state index is -0.361. The van der Waals surface area contributed by atoms with Gasteiger partial charge in [0.05, 0.1) is 17.0 Å². The van der Waals surface area contributed by atoms with Gasteiger partial charge in [0.2, 0.25) is 11.1 Å². The summed E-state index contributed by atoms with van der Waals surface area (Å²) in [6.07, 6.45) is 6.45. The fourth-order valence-electron chi connectivity index (χ4n) is 3.47. The molecule has 0 radical (unpaired) electrons. The van der Waals surface area contributed by atoms with Gasteiger partial charge in [-0.05, 0) is 37.7 Å². The van der Waals surface area contributed by atoms with Gasteiger partial charge < -0.3 is 5.32 Å². The molecule has 0 bridgehead atoms. The van der Waals surface area contributed by atoms with Crippen LogP contribution in [-0.4, -0.2) is 26.3 Å². The quantitative estimate of drug-likeness (QED) is 0.556. The average Bonchev–Trinajstić information content (AvgIpc) is 3.15. The van der Waals surface area contributed by atoms with Crippen molar-refractivity contribution in [2.24, 2.45) is 0 Å². The number of nitriles is 1. The second kappa shape index (κ2) is 9.37. The van der Waals surface area contributed by atoms with Gasteiger partial charge in [-0.2, -0.15) is 5.26 Å². The van der Waals surface area contributed by atoms with Crippen LogP contribution in [0.4, 0.5) is 5.00 Å². The van der Waals surface area contributed by atoms with E-state index >= 15 is 0 Å². The van der Waals surface area contributed by atoms with E-state index in [1.165, 1.54) is 16.6 Å². The molecule has 0 aliphatic heterocycles. The van der Waals surface area contributed by atoms with Crippen LogP contribution in [0.15, 0.2) is 41.7 Å². The molecule has 1 aliphatic rings. The zero-order valence-electron chi connectivity index (χ0n) is 16.6. The van der Waals surface area contributed by atoms with Crippen LogP contribution in [0.1, 0.15) is 42.2 Å². The van der Waals surface area contributed by atoms with Crippen LogP contribution in [0.25, 0.3) is 11.3 Å². The van der Waals surface area contributed by atoms with Crippen molar-refractivity contribution in [3.8, 4) is 17.3 Å². The van der Waals surface area contributed by atoms with E-state index in [1.54, 1.807) is 17.5 Å². The van der Waals surface area contributed by atoms with Crippen molar-refractivity contribution in [1.29, 1.82) is 5.26 Å². The summed E-state index contributed by atoms with van der Waals surface area (Å²) in [6, 6.07) is 12.0. The number of anilines is 1. The summed E-state index contributed by atoms with van der Waals surface area (Å²) < 4.78 is 0. The molecule has 8 heteroatoms. The standard InChI is InChI=1S/C22H21N5OS2/c1-2-18(30-22-24-13-17(26-27-22)14-8-4-3-5-9-14)20(28)25-21-16(12-23)15-10-6-7-11-19(15)29-21/h3-5,8-9,13,18H,2,6-7,10-11H2,1H3,(H,25,28)/t18-/m0/s1. The predicted octanol–water partition coefficient (Wildman–Crippen LogP) is 4.86. The molecule has 30 heavy (non-hydrogen) atoms. The summed E-state index contributed by atoms with van der Waals surface area (Å²) in [7, 11) is 0. The van der Waals surface area contributed by atoms with Crippen LogP contribution >= 0.6 is 23.1 Å². The van der Waals surface area contributed by atoms with Crippen LogP contribution in [0, 0.1) is 11.3 Å². The van der Waals surface area contributed by atoms with Gasteiger partial charge in [-0.3, -0.25) is 4.79 Å². The lowest BCUT2D eigenvalue weighted by Gasteiger charge is -2.13. The third-order valence-corrected chi connectivity index (χ3v) is 7.48.